The van der Waals surface area contributed by atoms with Gasteiger partial charge in [-0.1, -0.05) is 31.4 Å². The molecule has 0 fully saturated rings. The molecule has 1 aromatic rings. The smallest absolute Gasteiger partial charge is 0.271 e. The van der Waals surface area contributed by atoms with Crippen molar-refractivity contribution in [1.82, 2.24) is 0 Å². The Labute approximate surface area is 110 Å². The van der Waals surface area contributed by atoms with Crippen molar-refractivity contribution < 1.29 is 9.72 Å². The minimum atomic E-state index is -0.529. The first-order valence-corrected chi connectivity index (χ1v) is 6.16. The van der Waals surface area contributed by atoms with Crippen molar-refractivity contribution in [3.05, 3.63) is 33.3 Å². The number of anilines is 1. The fourth-order valence-corrected chi connectivity index (χ4v) is 1.69. The second-order valence-electron chi connectivity index (χ2n) is 3.93. The Balaban J connectivity index is 2.62. The summed E-state index contributed by atoms with van der Waals surface area (Å²) >= 11 is 5.86. The Morgan fingerprint density at radius 2 is 2.17 bits per heavy atom. The second-order valence-corrected chi connectivity index (χ2v) is 4.33. The summed E-state index contributed by atoms with van der Waals surface area (Å²) in [7, 11) is 0. The highest BCUT2D eigenvalue weighted by atomic mass is 35.5. The predicted octanol–water partition coefficient (Wildman–Crippen LogP) is 3.77. The number of amides is 1. The molecule has 1 amide bonds. The fourth-order valence-electron chi connectivity index (χ4n) is 1.47. The molecule has 0 saturated carbocycles. The zero-order valence-corrected chi connectivity index (χ0v) is 10.9. The number of rotatable bonds is 6. The number of nitrogens with zero attached hydrogens (tertiary/aromatic N) is 1. The lowest BCUT2D eigenvalue weighted by Gasteiger charge is -2.06. The van der Waals surface area contributed by atoms with Gasteiger partial charge in [0.15, 0.2) is 0 Å². The summed E-state index contributed by atoms with van der Waals surface area (Å²) in [4.78, 5) is 21.5. The number of carbonyl (C=O) groups excluding carboxylic acids is 1. The predicted molar refractivity (Wildman–Crippen MR) is 70.9 cm³/mol. The lowest BCUT2D eigenvalue weighted by Crippen LogP contribution is -2.11. The summed E-state index contributed by atoms with van der Waals surface area (Å²) in [6.45, 7) is 2.06. The van der Waals surface area contributed by atoms with Crippen LogP contribution < -0.4 is 5.32 Å². The normalized spacial score (nSPS) is 10.1. The number of halogens is 1. The van der Waals surface area contributed by atoms with Crippen molar-refractivity contribution in [3.63, 3.8) is 0 Å². The lowest BCUT2D eigenvalue weighted by atomic mass is 10.2. The van der Waals surface area contributed by atoms with Gasteiger partial charge in [-0.15, -0.1) is 0 Å². The number of hydrogen-bond acceptors (Lipinski definition) is 3. The summed E-state index contributed by atoms with van der Waals surface area (Å²) in [6, 6.07) is 3.98. The molecule has 0 saturated heterocycles. The molecule has 0 aliphatic rings. The lowest BCUT2D eigenvalue weighted by molar-refractivity contribution is -0.384. The van der Waals surface area contributed by atoms with E-state index in [2.05, 4.69) is 12.2 Å². The zero-order chi connectivity index (χ0) is 13.5. The van der Waals surface area contributed by atoms with E-state index >= 15 is 0 Å². The van der Waals surface area contributed by atoms with E-state index in [4.69, 9.17) is 11.6 Å². The molecule has 1 rings (SSSR count). The maximum absolute atomic E-state index is 11.6. The molecule has 18 heavy (non-hydrogen) atoms. The molecule has 0 atom stereocenters. The summed E-state index contributed by atoms with van der Waals surface area (Å²) in [5.74, 6) is -0.126. The van der Waals surface area contributed by atoms with Crippen molar-refractivity contribution in [3.8, 4) is 0 Å². The summed E-state index contributed by atoms with van der Waals surface area (Å²) in [5.41, 5.74) is 0.313. The van der Waals surface area contributed by atoms with Gasteiger partial charge in [-0.3, -0.25) is 14.9 Å². The fraction of sp³-hybridized carbons (Fsp3) is 0.417. The Bertz CT molecular complexity index is 449. The number of hydrogen-bond donors (Lipinski definition) is 1. The summed E-state index contributed by atoms with van der Waals surface area (Å²) in [5, 5.41) is 13.3. The first kappa shape index (κ1) is 14.4. The number of unbranched alkanes of at least 4 members (excludes halogenated alkanes) is 2. The van der Waals surface area contributed by atoms with Crippen molar-refractivity contribution in [1.29, 1.82) is 0 Å². The molecule has 98 valence electrons. The van der Waals surface area contributed by atoms with Gasteiger partial charge in [0.05, 0.1) is 15.6 Å². The molecule has 0 aliphatic heterocycles. The van der Waals surface area contributed by atoms with E-state index in [0.717, 1.165) is 19.3 Å². The van der Waals surface area contributed by atoms with Crippen LogP contribution in [0.4, 0.5) is 11.4 Å². The quantitative estimate of drug-likeness (QED) is 0.486. The third-order valence-electron chi connectivity index (χ3n) is 2.44. The standard InChI is InChI=1S/C12H15ClN2O3/c1-2-3-4-5-12(16)14-11-7-6-9(15(17)18)8-10(11)13/h6-8H,2-5H2,1H3,(H,14,16). The molecule has 1 N–H and O–H groups in total. The van der Waals surface area contributed by atoms with E-state index in [9.17, 15) is 14.9 Å². The Morgan fingerprint density at radius 3 is 2.72 bits per heavy atom. The van der Waals surface area contributed by atoms with Crippen LogP contribution in [0.3, 0.4) is 0 Å². The summed E-state index contributed by atoms with van der Waals surface area (Å²) in [6.07, 6.45) is 3.31. The SMILES string of the molecule is CCCCCC(=O)Nc1ccc([N+](=O)[O-])cc1Cl. The number of non-ortho nitro benzene ring substituents is 1. The maximum atomic E-state index is 11.6. The number of carbonyl (C=O) groups is 1. The first-order chi connectivity index (χ1) is 8.54. The molecule has 5 nitrogen and oxygen atoms in total. The van der Waals surface area contributed by atoms with Gasteiger partial charge in [0.25, 0.3) is 5.69 Å². The molecule has 0 spiro atoms. The highest BCUT2D eigenvalue weighted by molar-refractivity contribution is 6.33. The van der Waals surface area contributed by atoms with Gasteiger partial charge >= 0.3 is 0 Å². The van der Waals surface area contributed by atoms with E-state index in [1.807, 2.05) is 0 Å². The minimum Gasteiger partial charge on any atom is -0.325 e. The van der Waals surface area contributed by atoms with Crippen LogP contribution in [0, 0.1) is 10.1 Å². The zero-order valence-electron chi connectivity index (χ0n) is 10.1. The highest BCUT2D eigenvalue weighted by Crippen LogP contribution is 2.26. The van der Waals surface area contributed by atoms with E-state index in [-0.39, 0.29) is 16.6 Å². The number of nitro benzene ring substituents is 1. The van der Waals surface area contributed by atoms with Crippen LogP contribution in [-0.2, 0) is 4.79 Å². The van der Waals surface area contributed by atoms with E-state index < -0.39 is 4.92 Å². The summed E-state index contributed by atoms with van der Waals surface area (Å²) < 4.78 is 0. The highest BCUT2D eigenvalue weighted by Gasteiger charge is 2.11. The topological polar surface area (TPSA) is 72.2 Å². The Hall–Kier alpha value is -1.62. The maximum Gasteiger partial charge on any atom is 0.271 e. The molecular weight excluding hydrogens is 256 g/mol. The van der Waals surface area contributed by atoms with E-state index in [1.54, 1.807) is 0 Å². The second kappa shape index (κ2) is 6.96. The Kier molecular flexibility index (Phi) is 5.58. The van der Waals surface area contributed by atoms with Crippen LogP contribution >= 0.6 is 11.6 Å². The van der Waals surface area contributed by atoms with Crippen LogP contribution in [-0.4, -0.2) is 10.8 Å². The van der Waals surface area contributed by atoms with Crippen LogP contribution in [0.5, 0.6) is 0 Å². The van der Waals surface area contributed by atoms with Gasteiger partial charge in [-0.2, -0.15) is 0 Å². The molecule has 0 aromatic heterocycles. The monoisotopic (exact) mass is 270 g/mol. The molecule has 0 aliphatic carbocycles. The number of nitrogens with one attached hydrogen (secondary N) is 1. The average molecular weight is 271 g/mol. The van der Waals surface area contributed by atoms with Crippen molar-refractivity contribution in [2.24, 2.45) is 0 Å². The molecule has 0 bridgehead atoms. The van der Waals surface area contributed by atoms with Gasteiger partial charge in [-0.05, 0) is 12.5 Å². The average Bonchev–Trinajstić information content (AvgIpc) is 2.32. The number of nitro groups is 1. The van der Waals surface area contributed by atoms with Gasteiger partial charge < -0.3 is 5.32 Å². The largest absolute Gasteiger partial charge is 0.325 e. The molecule has 0 unspecified atom stereocenters. The third-order valence-corrected chi connectivity index (χ3v) is 2.76. The van der Waals surface area contributed by atoms with Crippen LogP contribution in [0.1, 0.15) is 32.6 Å². The Morgan fingerprint density at radius 1 is 1.44 bits per heavy atom. The number of benzene rings is 1. The van der Waals surface area contributed by atoms with Crippen LogP contribution in [0.25, 0.3) is 0 Å². The van der Waals surface area contributed by atoms with Gasteiger partial charge in [-0.25, -0.2) is 0 Å². The van der Waals surface area contributed by atoms with Gasteiger partial charge in [0, 0.05) is 18.6 Å². The molecule has 0 heterocycles. The van der Waals surface area contributed by atoms with Crippen LogP contribution in [0.2, 0.25) is 5.02 Å². The molecule has 6 heteroatoms. The van der Waals surface area contributed by atoms with Gasteiger partial charge in [0.1, 0.15) is 0 Å². The first-order valence-electron chi connectivity index (χ1n) is 5.78. The molecular formula is C12H15ClN2O3. The van der Waals surface area contributed by atoms with Gasteiger partial charge in [0.2, 0.25) is 5.91 Å². The van der Waals surface area contributed by atoms with E-state index in [1.165, 1.54) is 18.2 Å². The van der Waals surface area contributed by atoms with E-state index in [0.29, 0.717) is 12.1 Å². The van der Waals surface area contributed by atoms with Crippen molar-refractivity contribution in [2.45, 2.75) is 32.6 Å². The molecule has 0 radical (unpaired) electrons. The van der Waals surface area contributed by atoms with Crippen molar-refractivity contribution in [2.75, 3.05) is 5.32 Å². The third kappa shape index (κ3) is 4.33. The van der Waals surface area contributed by atoms with Crippen LogP contribution in [0.15, 0.2) is 18.2 Å². The minimum absolute atomic E-state index is 0.0935. The van der Waals surface area contributed by atoms with Crippen molar-refractivity contribution >= 4 is 28.9 Å². The molecule has 1 aromatic carbocycles.